The van der Waals surface area contributed by atoms with Crippen LogP contribution < -0.4 is 5.32 Å². The van der Waals surface area contributed by atoms with Crippen molar-refractivity contribution in [2.75, 3.05) is 11.5 Å². The number of aromatic hydroxyl groups is 1. The summed E-state index contributed by atoms with van der Waals surface area (Å²) in [4.78, 5) is 22.3. The predicted octanol–water partition coefficient (Wildman–Crippen LogP) is 0.941. The molecule has 2 rings (SSSR count). The summed E-state index contributed by atoms with van der Waals surface area (Å²) in [6, 6.07) is 3.20. The van der Waals surface area contributed by atoms with Gasteiger partial charge in [0.1, 0.15) is 11.3 Å². The van der Waals surface area contributed by atoms with Gasteiger partial charge in [-0.25, -0.2) is 0 Å². The highest BCUT2D eigenvalue weighted by atomic mass is 32.2. The Morgan fingerprint density at radius 3 is 2.65 bits per heavy atom. The molecule has 0 aromatic heterocycles. The van der Waals surface area contributed by atoms with Gasteiger partial charge in [0.25, 0.3) is 11.6 Å². The molecule has 1 amide bonds. The topological polar surface area (TPSA) is 110 Å². The van der Waals surface area contributed by atoms with Crippen molar-refractivity contribution in [3.8, 4) is 5.75 Å². The number of amides is 1. The molecule has 0 atom stereocenters. The van der Waals surface area contributed by atoms with Crippen LogP contribution in [0.4, 0.5) is 5.69 Å². The van der Waals surface area contributed by atoms with Gasteiger partial charge in [0.15, 0.2) is 0 Å². The number of nitrogens with one attached hydrogen (secondary N) is 1. The lowest BCUT2D eigenvalue weighted by Crippen LogP contribution is -2.39. The Kier molecular flexibility index (Phi) is 4.33. The van der Waals surface area contributed by atoms with E-state index in [1.807, 2.05) is 0 Å². The van der Waals surface area contributed by atoms with Gasteiger partial charge in [-0.2, -0.15) is 0 Å². The standard InChI is InChI=1S/C12H14N2O5S/c15-9-1-2-11(14(17)18)10(7-9)12(16)13-8-3-5-20(19)6-4-8/h1-2,7-8,15H,3-6H2,(H,13,16). The van der Waals surface area contributed by atoms with Gasteiger partial charge in [-0.3, -0.25) is 19.1 Å². The van der Waals surface area contributed by atoms with Gasteiger partial charge in [-0.1, -0.05) is 0 Å². The Labute approximate surface area is 117 Å². The lowest BCUT2D eigenvalue weighted by molar-refractivity contribution is -0.385. The summed E-state index contributed by atoms with van der Waals surface area (Å²) in [7, 11) is -0.835. The molecule has 1 aromatic carbocycles. The minimum atomic E-state index is -0.835. The zero-order chi connectivity index (χ0) is 14.7. The van der Waals surface area contributed by atoms with Crippen LogP contribution in [0.1, 0.15) is 23.2 Å². The van der Waals surface area contributed by atoms with Gasteiger partial charge >= 0.3 is 0 Å². The first-order chi connectivity index (χ1) is 9.47. The van der Waals surface area contributed by atoms with Gasteiger partial charge in [-0.15, -0.1) is 0 Å². The molecule has 1 fully saturated rings. The van der Waals surface area contributed by atoms with E-state index in [0.29, 0.717) is 24.3 Å². The minimum absolute atomic E-state index is 0.137. The maximum absolute atomic E-state index is 12.1. The molecule has 0 radical (unpaired) electrons. The molecule has 7 nitrogen and oxygen atoms in total. The van der Waals surface area contributed by atoms with Crippen molar-refractivity contribution in [1.29, 1.82) is 0 Å². The van der Waals surface area contributed by atoms with Gasteiger partial charge in [0.05, 0.1) is 4.92 Å². The fraction of sp³-hybridized carbons (Fsp3) is 0.417. The first-order valence-electron chi connectivity index (χ1n) is 6.10. The molecule has 20 heavy (non-hydrogen) atoms. The summed E-state index contributed by atoms with van der Waals surface area (Å²) in [5.74, 6) is 0.246. The number of phenolic OH excluding ortho intramolecular Hbond substituents is 1. The van der Waals surface area contributed by atoms with Gasteiger partial charge < -0.3 is 10.4 Å². The second kappa shape index (κ2) is 6.00. The van der Waals surface area contributed by atoms with Gasteiger partial charge in [-0.05, 0) is 25.0 Å². The average molecular weight is 298 g/mol. The Morgan fingerprint density at radius 1 is 1.40 bits per heavy atom. The van der Waals surface area contributed by atoms with Crippen LogP contribution >= 0.6 is 0 Å². The van der Waals surface area contributed by atoms with E-state index in [-0.39, 0.29) is 23.0 Å². The van der Waals surface area contributed by atoms with E-state index in [2.05, 4.69) is 5.32 Å². The first-order valence-corrected chi connectivity index (χ1v) is 7.59. The molecule has 108 valence electrons. The summed E-state index contributed by atoms with van der Waals surface area (Å²) in [6.45, 7) is 0. The number of carbonyl (C=O) groups is 1. The van der Waals surface area contributed by atoms with Crippen LogP contribution in [-0.4, -0.2) is 37.7 Å². The molecule has 1 heterocycles. The minimum Gasteiger partial charge on any atom is -0.508 e. The number of nitrogens with zero attached hydrogens (tertiary/aromatic N) is 1. The van der Waals surface area contributed by atoms with Crippen LogP contribution in [0.3, 0.4) is 0 Å². The second-order valence-corrected chi connectivity index (χ2v) is 6.25. The van der Waals surface area contributed by atoms with Gasteiger partial charge in [0, 0.05) is 34.4 Å². The quantitative estimate of drug-likeness (QED) is 0.637. The largest absolute Gasteiger partial charge is 0.508 e. The number of benzene rings is 1. The van der Waals surface area contributed by atoms with Crippen LogP contribution in [0.5, 0.6) is 5.75 Å². The zero-order valence-electron chi connectivity index (χ0n) is 10.6. The average Bonchev–Trinajstić information content (AvgIpc) is 2.41. The van der Waals surface area contributed by atoms with Crippen molar-refractivity contribution >= 4 is 22.4 Å². The van der Waals surface area contributed by atoms with Crippen LogP contribution in [0.25, 0.3) is 0 Å². The fourth-order valence-corrected chi connectivity index (χ4v) is 3.37. The smallest absolute Gasteiger partial charge is 0.282 e. The molecule has 0 unspecified atom stereocenters. The molecule has 1 aliphatic rings. The Hall–Kier alpha value is -1.96. The van der Waals surface area contributed by atoms with Crippen molar-refractivity contribution < 1.29 is 19.0 Å². The number of hydrogen-bond acceptors (Lipinski definition) is 5. The highest BCUT2D eigenvalue weighted by Crippen LogP contribution is 2.23. The Morgan fingerprint density at radius 2 is 2.05 bits per heavy atom. The SMILES string of the molecule is O=C(NC1CCS(=O)CC1)c1cc(O)ccc1[N+](=O)[O-]. The van der Waals surface area contributed by atoms with Crippen molar-refractivity contribution in [2.45, 2.75) is 18.9 Å². The Balaban J connectivity index is 2.14. The third-order valence-electron chi connectivity index (χ3n) is 3.14. The molecule has 0 aliphatic carbocycles. The molecule has 0 saturated carbocycles. The predicted molar refractivity (Wildman–Crippen MR) is 73.1 cm³/mol. The molecule has 1 saturated heterocycles. The van der Waals surface area contributed by atoms with E-state index >= 15 is 0 Å². The molecule has 1 aromatic rings. The van der Waals surface area contributed by atoms with E-state index in [4.69, 9.17) is 0 Å². The van der Waals surface area contributed by atoms with E-state index in [0.717, 1.165) is 12.1 Å². The number of rotatable bonds is 3. The zero-order valence-corrected chi connectivity index (χ0v) is 11.4. The number of nitro benzene ring substituents is 1. The summed E-state index contributed by atoms with van der Waals surface area (Å²) in [6.07, 6.45) is 1.18. The van der Waals surface area contributed by atoms with Crippen LogP contribution in [0, 0.1) is 10.1 Å². The monoisotopic (exact) mass is 298 g/mol. The van der Waals surface area contributed by atoms with E-state index in [1.165, 1.54) is 6.07 Å². The number of nitro groups is 1. The highest BCUT2D eigenvalue weighted by molar-refractivity contribution is 7.85. The summed E-state index contributed by atoms with van der Waals surface area (Å²) in [5, 5.41) is 22.9. The van der Waals surface area contributed by atoms with E-state index in [1.54, 1.807) is 0 Å². The highest BCUT2D eigenvalue weighted by Gasteiger charge is 2.25. The lowest BCUT2D eigenvalue weighted by Gasteiger charge is -2.22. The van der Waals surface area contributed by atoms with E-state index < -0.39 is 21.6 Å². The first kappa shape index (κ1) is 14.4. The third kappa shape index (κ3) is 3.32. The second-order valence-electron chi connectivity index (χ2n) is 4.55. The molecule has 2 N–H and O–H groups in total. The maximum atomic E-state index is 12.1. The Bertz CT molecular complexity index is 565. The molecular weight excluding hydrogens is 284 g/mol. The molecular formula is C12H14N2O5S. The molecule has 1 aliphatic heterocycles. The number of hydrogen-bond donors (Lipinski definition) is 2. The summed E-state index contributed by atoms with van der Waals surface area (Å²) < 4.78 is 11.2. The molecule has 0 bridgehead atoms. The number of phenols is 1. The maximum Gasteiger partial charge on any atom is 0.282 e. The third-order valence-corrected chi connectivity index (χ3v) is 4.53. The van der Waals surface area contributed by atoms with E-state index in [9.17, 15) is 24.2 Å². The number of carbonyl (C=O) groups excluding carboxylic acids is 1. The van der Waals surface area contributed by atoms with Crippen molar-refractivity contribution in [1.82, 2.24) is 5.32 Å². The van der Waals surface area contributed by atoms with Crippen LogP contribution in [0.15, 0.2) is 18.2 Å². The summed E-state index contributed by atoms with van der Waals surface area (Å²) >= 11 is 0. The summed E-state index contributed by atoms with van der Waals surface area (Å²) in [5.41, 5.74) is -0.513. The van der Waals surface area contributed by atoms with Crippen molar-refractivity contribution in [3.05, 3.63) is 33.9 Å². The normalized spacial score (nSPS) is 22.2. The fourth-order valence-electron chi connectivity index (χ4n) is 2.07. The lowest BCUT2D eigenvalue weighted by atomic mass is 10.1. The van der Waals surface area contributed by atoms with Crippen molar-refractivity contribution in [2.24, 2.45) is 0 Å². The van der Waals surface area contributed by atoms with Crippen LogP contribution in [-0.2, 0) is 10.8 Å². The molecule has 8 heteroatoms. The molecule has 0 spiro atoms. The van der Waals surface area contributed by atoms with Crippen molar-refractivity contribution in [3.63, 3.8) is 0 Å². The van der Waals surface area contributed by atoms with Gasteiger partial charge in [0.2, 0.25) is 0 Å². The van der Waals surface area contributed by atoms with Crippen LogP contribution in [0.2, 0.25) is 0 Å².